The van der Waals surface area contributed by atoms with Crippen LogP contribution in [0, 0.1) is 5.82 Å². The van der Waals surface area contributed by atoms with Crippen LogP contribution in [0.4, 0.5) is 15.2 Å². The van der Waals surface area contributed by atoms with Crippen LogP contribution in [0.1, 0.15) is 31.4 Å². The molecule has 1 fully saturated rings. The number of aliphatic hydroxyl groups is 1. The van der Waals surface area contributed by atoms with Crippen molar-refractivity contribution in [2.45, 2.75) is 31.9 Å². The van der Waals surface area contributed by atoms with Crippen molar-refractivity contribution in [3.63, 3.8) is 0 Å². The highest BCUT2D eigenvalue weighted by molar-refractivity contribution is 7.14. The Balaban J connectivity index is 1.54. The molecule has 28 heavy (non-hydrogen) atoms. The summed E-state index contributed by atoms with van der Waals surface area (Å²) in [6.07, 6.45) is 1.25. The molecule has 1 aliphatic heterocycles. The highest BCUT2D eigenvalue weighted by Crippen LogP contribution is 2.33. The third kappa shape index (κ3) is 4.18. The molecule has 1 saturated heterocycles. The molecule has 0 radical (unpaired) electrons. The average molecular weight is 398 g/mol. The summed E-state index contributed by atoms with van der Waals surface area (Å²) in [6, 6.07) is 14.9. The van der Waals surface area contributed by atoms with Crippen LogP contribution in [0.2, 0.25) is 0 Å². The maximum Gasteiger partial charge on any atom is 0.183 e. The Kier molecular flexibility index (Phi) is 5.59. The number of aromatic nitrogens is 1. The molecular weight excluding hydrogens is 373 g/mol. The number of halogens is 1. The zero-order valence-electron chi connectivity index (χ0n) is 15.8. The number of thiazole rings is 1. The molecule has 146 valence electrons. The summed E-state index contributed by atoms with van der Waals surface area (Å²) in [5.41, 5.74) is 3.95. The van der Waals surface area contributed by atoms with E-state index >= 15 is 0 Å². The number of aliphatic hydroxyl groups excluding tert-OH is 1. The van der Waals surface area contributed by atoms with Crippen LogP contribution < -0.4 is 10.2 Å². The maximum atomic E-state index is 14.0. The first-order valence-electron chi connectivity index (χ1n) is 9.60. The Bertz CT molecular complexity index is 923. The number of nitrogens with one attached hydrogen (secondary N) is 1. The van der Waals surface area contributed by atoms with E-state index in [2.05, 4.69) is 15.2 Å². The van der Waals surface area contributed by atoms with Crippen molar-refractivity contribution in [2.24, 2.45) is 0 Å². The highest BCUT2D eigenvalue weighted by atomic mass is 32.1. The monoisotopic (exact) mass is 397 g/mol. The Morgan fingerprint density at radius 2 is 1.93 bits per heavy atom. The lowest BCUT2D eigenvalue weighted by molar-refractivity contribution is 0.145. The van der Waals surface area contributed by atoms with Crippen LogP contribution in [-0.2, 0) is 0 Å². The molecular formula is C22H24FN3OS. The van der Waals surface area contributed by atoms with Crippen LogP contribution >= 0.6 is 11.3 Å². The number of benzene rings is 2. The molecule has 0 bridgehead atoms. The molecule has 1 aliphatic rings. The molecule has 0 aliphatic carbocycles. The van der Waals surface area contributed by atoms with E-state index in [-0.39, 0.29) is 18.0 Å². The molecule has 1 aromatic heterocycles. The fourth-order valence-corrected chi connectivity index (χ4v) is 4.42. The molecule has 3 aromatic rings. The molecule has 6 heteroatoms. The minimum atomic E-state index is -0.242. The summed E-state index contributed by atoms with van der Waals surface area (Å²) in [4.78, 5) is 6.92. The third-order valence-electron chi connectivity index (χ3n) is 5.17. The van der Waals surface area contributed by atoms with Gasteiger partial charge in [0, 0.05) is 35.3 Å². The first-order chi connectivity index (χ1) is 13.6. The van der Waals surface area contributed by atoms with Gasteiger partial charge in [-0.15, -0.1) is 11.3 Å². The van der Waals surface area contributed by atoms with Crippen LogP contribution in [0.15, 0.2) is 53.9 Å². The second kappa shape index (κ2) is 8.29. The minimum Gasteiger partial charge on any atom is -0.393 e. The van der Waals surface area contributed by atoms with Crippen molar-refractivity contribution in [2.75, 3.05) is 23.3 Å². The SMILES string of the molecule is CC(Nc1nc(-c2ccccc2)cs1)c1cc(F)ccc1N1CCC(O)CC1. The standard InChI is InChI=1S/C22H24FN3OS/c1-15(24-22-25-20(14-28-22)16-5-3-2-4-6-16)19-13-17(23)7-8-21(19)26-11-9-18(27)10-12-26/h2-8,13-15,18,27H,9-12H2,1H3,(H,24,25). The predicted molar refractivity (Wildman–Crippen MR) is 113 cm³/mol. The molecule has 2 heterocycles. The van der Waals surface area contributed by atoms with Crippen LogP contribution in [0.5, 0.6) is 0 Å². The zero-order chi connectivity index (χ0) is 19.5. The highest BCUT2D eigenvalue weighted by Gasteiger charge is 2.22. The van der Waals surface area contributed by atoms with E-state index < -0.39 is 0 Å². The van der Waals surface area contributed by atoms with Gasteiger partial charge in [0.2, 0.25) is 0 Å². The predicted octanol–water partition coefficient (Wildman–Crippen LogP) is 5.08. The fourth-order valence-electron chi connectivity index (χ4n) is 3.61. The first-order valence-corrected chi connectivity index (χ1v) is 10.5. The second-order valence-corrected chi connectivity index (χ2v) is 8.05. The molecule has 0 saturated carbocycles. The summed E-state index contributed by atoms with van der Waals surface area (Å²) in [5, 5.41) is 16.1. The van der Waals surface area contributed by atoms with Gasteiger partial charge in [0.05, 0.1) is 17.8 Å². The van der Waals surface area contributed by atoms with Crippen molar-refractivity contribution in [1.29, 1.82) is 0 Å². The first kappa shape index (κ1) is 18.9. The van der Waals surface area contributed by atoms with E-state index in [1.807, 2.05) is 48.7 Å². The fraction of sp³-hybridized carbons (Fsp3) is 0.318. The van der Waals surface area contributed by atoms with Gasteiger partial charge < -0.3 is 15.3 Å². The summed E-state index contributed by atoms with van der Waals surface area (Å²) >= 11 is 1.55. The van der Waals surface area contributed by atoms with E-state index in [9.17, 15) is 9.50 Å². The lowest BCUT2D eigenvalue weighted by Crippen LogP contribution is -2.36. The van der Waals surface area contributed by atoms with Crippen molar-refractivity contribution in [1.82, 2.24) is 4.98 Å². The van der Waals surface area contributed by atoms with Gasteiger partial charge >= 0.3 is 0 Å². The van der Waals surface area contributed by atoms with E-state index in [0.29, 0.717) is 0 Å². The number of rotatable bonds is 5. The Morgan fingerprint density at radius 1 is 1.18 bits per heavy atom. The normalized spacial score (nSPS) is 16.2. The number of hydrogen-bond donors (Lipinski definition) is 2. The molecule has 2 N–H and O–H groups in total. The molecule has 0 spiro atoms. The van der Waals surface area contributed by atoms with Gasteiger partial charge in [-0.2, -0.15) is 0 Å². The summed E-state index contributed by atoms with van der Waals surface area (Å²) in [7, 11) is 0. The molecule has 2 aromatic carbocycles. The molecule has 0 amide bonds. The number of hydrogen-bond acceptors (Lipinski definition) is 5. The topological polar surface area (TPSA) is 48.4 Å². The summed E-state index contributed by atoms with van der Waals surface area (Å²) < 4.78 is 14.0. The summed E-state index contributed by atoms with van der Waals surface area (Å²) in [5.74, 6) is -0.242. The maximum absolute atomic E-state index is 14.0. The van der Waals surface area contributed by atoms with Gasteiger partial charge in [-0.3, -0.25) is 0 Å². The van der Waals surface area contributed by atoms with E-state index in [0.717, 1.165) is 53.6 Å². The molecule has 4 rings (SSSR count). The summed E-state index contributed by atoms with van der Waals surface area (Å²) in [6.45, 7) is 3.59. The smallest absolute Gasteiger partial charge is 0.183 e. The van der Waals surface area contributed by atoms with Gasteiger partial charge in [-0.05, 0) is 38.0 Å². The molecule has 1 unspecified atom stereocenters. The van der Waals surface area contributed by atoms with Crippen LogP contribution in [-0.4, -0.2) is 29.3 Å². The van der Waals surface area contributed by atoms with E-state index in [4.69, 9.17) is 0 Å². The lowest BCUT2D eigenvalue weighted by Gasteiger charge is -2.34. The number of nitrogens with zero attached hydrogens (tertiary/aromatic N) is 2. The quantitative estimate of drug-likeness (QED) is 0.630. The third-order valence-corrected chi connectivity index (χ3v) is 5.95. The van der Waals surface area contributed by atoms with E-state index in [1.54, 1.807) is 17.4 Å². The Labute approximate surface area is 168 Å². The number of anilines is 2. The Morgan fingerprint density at radius 3 is 2.68 bits per heavy atom. The van der Waals surface area contributed by atoms with Crippen LogP contribution in [0.25, 0.3) is 11.3 Å². The van der Waals surface area contributed by atoms with Crippen molar-refractivity contribution < 1.29 is 9.50 Å². The average Bonchev–Trinajstić information content (AvgIpc) is 3.18. The van der Waals surface area contributed by atoms with Crippen molar-refractivity contribution >= 4 is 22.2 Å². The van der Waals surface area contributed by atoms with Crippen molar-refractivity contribution in [3.05, 3.63) is 65.3 Å². The van der Waals surface area contributed by atoms with Gasteiger partial charge in [0.15, 0.2) is 5.13 Å². The van der Waals surface area contributed by atoms with Gasteiger partial charge in [-0.25, -0.2) is 9.37 Å². The molecule has 1 atom stereocenters. The Hall–Kier alpha value is -2.44. The lowest BCUT2D eigenvalue weighted by atomic mass is 10.0. The zero-order valence-corrected chi connectivity index (χ0v) is 16.6. The van der Waals surface area contributed by atoms with Gasteiger partial charge in [-0.1, -0.05) is 30.3 Å². The van der Waals surface area contributed by atoms with Gasteiger partial charge in [0.1, 0.15) is 5.82 Å². The van der Waals surface area contributed by atoms with Gasteiger partial charge in [0.25, 0.3) is 0 Å². The van der Waals surface area contributed by atoms with E-state index in [1.165, 1.54) is 6.07 Å². The van der Waals surface area contributed by atoms with Crippen molar-refractivity contribution in [3.8, 4) is 11.3 Å². The van der Waals surface area contributed by atoms with Crippen LogP contribution in [0.3, 0.4) is 0 Å². The second-order valence-electron chi connectivity index (χ2n) is 7.19. The molecule has 4 nitrogen and oxygen atoms in total. The largest absolute Gasteiger partial charge is 0.393 e. The minimum absolute atomic E-state index is 0.0904. The number of piperidine rings is 1.